The first kappa shape index (κ1) is 17.0. The molecular weight excluding hydrogens is 269 g/mol. The highest BCUT2D eigenvalue weighted by atomic mass is 19.1. The van der Waals surface area contributed by atoms with Gasteiger partial charge in [-0.25, -0.2) is 4.39 Å². The van der Waals surface area contributed by atoms with Gasteiger partial charge >= 0.3 is 5.97 Å². The summed E-state index contributed by atoms with van der Waals surface area (Å²) in [6.07, 6.45) is 1.67. The Balaban J connectivity index is 2.61. The Hall–Kier alpha value is -2.02. The van der Waals surface area contributed by atoms with E-state index in [1.165, 1.54) is 12.1 Å². The third kappa shape index (κ3) is 6.31. The molecule has 2 N–H and O–H groups in total. The van der Waals surface area contributed by atoms with E-state index in [4.69, 9.17) is 10.5 Å². The van der Waals surface area contributed by atoms with Crippen LogP contribution >= 0.6 is 0 Å². The van der Waals surface area contributed by atoms with E-state index in [9.17, 15) is 9.18 Å². The Kier molecular flexibility index (Phi) is 6.23. The van der Waals surface area contributed by atoms with Crippen LogP contribution in [0.1, 0.15) is 45.6 Å². The van der Waals surface area contributed by atoms with E-state index in [1.54, 1.807) is 6.07 Å². The third-order valence-corrected chi connectivity index (χ3v) is 2.89. The van der Waals surface area contributed by atoms with Crippen molar-refractivity contribution < 1.29 is 13.9 Å². The molecule has 4 heteroatoms. The van der Waals surface area contributed by atoms with Crippen molar-refractivity contribution in [3.8, 4) is 11.8 Å². The lowest BCUT2D eigenvalue weighted by atomic mass is 9.86. The van der Waals surface area contributed by atoms with Crippen LogP contribution in [-0.4, -0.2) is 12.6 Å². The van der Waals surface area contributed by atoms with Crippen molar-refractivity contribution in [1.29, 1.82) is 0 Å². The second kappa shape index (κ2) is 7.68. The van der Waals surface area contributed by atoms with E-state index in [1.807, 2.05) is 20.8 Å². The van der Waals surface area contributed by atoms with E-state index in [2.05, 4.69) is 11.8 Å². The van der Waals surface area contributed by atoms with Crippen molar-refractivity contribution in [3.05, 3.63) is 29.6 Å². The lowest BCUT2D eigenvalue weighted by Gasteiger charge is -2.20. The van der Waals surface area contributed by atoms with Crippen molar-refractivity contribution in [3.63, 3.8) is 0 Å². The molecule has 0 spiro atoms. The molecule has 0 unspecified atom stereocenters. The molecule has 1 rings (SSSR count). The van der Waals surface area contributed by atoms with Crippen LogP contribution < -0.4 is 5.73 Å². The molecule has 3 nitrogen and oxygen atoms in total. The summed E-state index contributed by atoms with van der Waals surface area (Å²) in [7, 11) is 0. The number of hydrogen-bond donors (Lipinski definition) is 1. The minimum Gasteiger partial charge on any atom is -0.466 e. The highest BCUT2D eigenvalue weighted by molar-refractivity contribution is 5.70. The van der Waals surface area contributed by atoms with Crippen molar-refractivity contribution >= 4 is 11.7 Å². The van der Waals surface area contributed by atoms with Crippen LogP contribution in [0, 0.1) is 23.1 Å². The Morgan fingerprint density at radius 1 is 1.43 bits per heavy atom. The van der Waals surface area contributed by atoms with Crippen LogP contribution in [-0.2, 0) is 9.53 Å². The first-order chi connectivity index (χ1) is 9.84. The molecule has 0 aliphatic heterocycles. The lowest BCUT2D eigenvalue weighted by molar-refractivity contribution is -0.145. The minimum absolute atomic E-state index is 0.204. The van der Waals surface area contributed by atoms with E-state index in [-0.39, 0.29) is 17.2 Å². The molecule has 0 heterocycles. The average Bonchev–Trinajstić information content (AvgIpc) is 2.38. The summed E-state index contributed by atoms with van der Waals surface area (Å²) in [4.78, 5) is 11.6. The number of hydrogen-bond acceptors (Lipinski definition) is 3. The molecule has 0 fully saturated rings. The number of halogens is 1. The van der Waals surface area contributed by atoms with Gasteiger partial charge in [-0.1, -0.05) is 32.6 Å². The fraction of sp³-hybridized carbons (Fsp3) is 0.471. The normalized spacial score (nSPS) is 10.7. The summed E-state index contributed by atoms with van der Waals surface area (Å²) < 4.78 is 18.0. The van der Waals surface area contributed by atoms with Gasteiger partial charge in [-0.2, -0.15) is 0 Å². The fourth-order valence-electron chi connectivity index (χ4n) is 1.75. The van der Waals surface area contributed by atoms with Crippen LogP contribution in [0.5, 0.6) is 0 Å². The number of nitrogen functional groups attached to an aromatic ring is 1. The number of carbonyl (C=O) groups excluding carboxylic acids is 1. The van der Waals surface area contributed by atoms with Gasteiger partial charge in [-0.05, 0) is 30.0 Å². The molecule has 114 valence electrons. The van der Waals surface area contributed by atoms with E-state index < -0.39 is 0 Å². The second-order valence-electron chi connectivity index (χ2n) is 5.77. The molecule has 21 heavy (non-hydrogen) atoms. The zero-order valence-electron chi connectivity index (χ0n) is 12.8. The van der Waals surface area contributed by atoms with Gasteiger partial charge in [0.15, 0.2) is 0 Å². The van der Waals surface area contributed by atoms with Gasteiger partial charge in [0.1, 0.15) is 5.82 Å². The zero-order valence-corrected chi connectivity index (χ0v) is 12.8. The molecule has 0 bridgehead atoms. The molecule has 0 radical (unpaired) electrons. The molecule has 0 saturated heterocycles. The molecule has 0 saturated carbocycles. The largest absolute Gasteiger partial charge is 0.466 e. The first-order valence-corrected chi connectivity index (χ1v) is 7.03. The summed E-state index contributed by atoms with van der Waals surface area (Å²) in [5, 5.41) is 0. The summed E-state index contributed by atoms with van der Waals surface area (Å²) in [5.41, 5.74) is 6.34. The lowest BCUT2D eigenvalue weighted by Crippen LogP contribution is -2.18. The van der Waals surface area contributed by atoms with Crippen LogP contribution in [0.25, 0.3) is 0 Å². The van der Waals surface area contributed by atoms with Crippen molar-refractivity contribution in [2.24, 2.45) is 5.41 Å². The van der Waals surface area contributed by atoms with Gasteiger partial charge < -0.3 is 10.5 Å². The van der Waals surface area contributed by atoms with Gasteiger partial charge in [-0.15, -0.1) is 0 Å². The Bertz CT molecular complexity index is 556. The summed E-state index contributed by atoms with van der Waals surface area (Å²) in [6.45, 7) is 6.33. The summed E-state index contributed by atoms with van der Waals surface area (Å²) >= 11 is 0. The highest BCUT2D eigenvalue weighted by Gasteiger charge is 2.21. The molecular formula is C17H22FNO2. The fourth-order valence-corrected chi connectivity index (χ4v) is 1.75. The predicted octanol–water partition coefficient (Wildman–Crippen LogP) is 3.52. The Morgan fingerprint density at radius 2 is 2.14 bits per heavy atom. The van der Waals surface area contributed by atoms with Crippen LogP contribution in [0.15, 0.2) is 18.2 Å². The van der Waals surface area contributed by atoms with E-state index in [0.717, 1.165) is 6.42 Å². The SMILES string of the molecule is CCCOC(=O)CC(C)(C)CC#Cc1ccc(F)cc1N. The first-order valence-electron chi connectivity index (χ1n) is 7.03. The second-order valence-corrected chi connectivity index (χ2v) is 5.77. The standard InChI is InChI=1S/C17H22FNO2/c1-4-10-21-16(20)12-17(2,3)9-5-6-13-7-8-14(18)11-15(13)19/h7-8,11H,4,9-10,12,19H2,1-3H3. The van der Waals surface area contributed by atoms with Gasteiger partial charge in [-0.3, -0.25) is 4.79 Å². The molecule has 1 aromatic rings. The van der Waals surface area contributed by atoms with Gasteiger partial charge in [0.2, 0.25) is 0 Å². The Labute approximate surface area is 125 Å². The number of benzene rings is 1. The summed E-state index contributed by atoms with van der Waals surface area (Å²) in [6, 6.07) is 4.13. The maximum absolute atomic E-state index is 12.9. The van der Waals surface area contributed by atoms with Gasteiger partial charge in [0, 0.05) is 12.0 Å². The van der Waals surface area contributed by atoms with Crippen LogP contribution in [0.3, 0.4) is 0 Å². The molecule has 0 aromatic heterocycles. The highest BCUT2D eigenvalue weighted by Crippen LogP contribution is 2.25. The zero-order chi connectivity index (χ0) is 15.9. The Morgan fingerprint density at radius 3 is 2.76 bits per heavy atom. The molecule has 1 aromatic carbocycles. The maximum atomic E-state index is 12.9. The predicted molar refractivity (Wildman–Crippen MR) is 82.0 cm³/mol. The van der Waals surface area contributed by atoms with Gasteiger partial charge in [0.05, 0.1) is 18.7 Å². The number of nitrogens with two attached hydrogens (primary N) is 1. The number of anilines is 1. The van der Waals surface area contributed by atoms with Crippen LogP contribution in [0.4, 0.5) is 10.1 Å². The van der Waals surface area contributed by atoms with Crippen LogP contribution in [0.2, 0.25) is 0 Å². The number of rotatable bonds is 5. The maximum Gasteiger partial charge on any atom is 0.306 e. The summed E-state index contributed by atoms with van der Waals surface area (Å²) in [5.74, 6) is 5.34. The molecule has 0 aliphatic rings. The van der Waals surface area contributed by atoms with E-state index >= 15 is 0 Å². The van der Waals surface area contributed by atoms with Gasteiger partial charge in [0.25, 0.3) is 0 Å². The smallest absolute Gasteiger partial charge is 0.306 e. The quantitative estimate of drug-likeness (QED) is 0.513. The van der Waals surface area contributed by atoms with Crippen molar-refractivity contribution in [1.82, 2.24) is 0 Å². The molecule has 0 amide bonds. The molecule has 0 atom stereocenters. The number of carbonyl (C=O) groups is 1. The van der Waals surface area contributed by atoms with Crippen molar-refractivity contribution in [2.75, 3.05) is 12.3 Å². The minimum atomic E-state index is -0.378. The number of ether oxygens (including phenoxy) is 1. The van der Waals surface area contributed by atoms with Crippen molar-refractivity contribution in [2.45, 2.75) is 40.0 Å². The average molecular weight is 291 g/mol. The number of esters is 1. The third-order valence-electron chi connectivity index (χ3n) is 2.89. The molecule has 0 aliphatic carbocycles. The monoisotopic (exact) mass is 291 g/mol. The van der Waals surface area contributed by atoms with E-state index in [0.29, 0.717) is 30.7 Å². The topological polar surface area (TPSA) is 52.3 Å².